The second-order valence-corrected chi connectivity index (χ2v) is 5.44. The number of hydrogen-bond donors (Lipinski definition) is 1. The SMILES string of the molecule is CC(=O)N1CCN(C)C[C@H]1C(=O)NCCOc1ccccc1. The normalized spacial score (nSPS) is 18.8. The van der Waals surface area contributed by atoms with Crippen LogP contribution in [0.15, 0.2) is 30.3 Å². The summed E-state index contributed by atoms with van der Waals surface area (Å²) in [7, 11) is 1.95. The summed E-state index contributed by atoms with van der Waals surface area (Å²) in [5, 5.41) is 2.84. The summed E-state index contributed by atoms with van der Waals surface area (Å²) >= 11 is 0. The zero-order valence-electron chi connectivity index (χ0n) is 13.1. The molecule has 1 heterocycles. The summed E-state index contributed by atoms with van der Waals surface area (Å²) in [6.07, 6.45) is 0. The number of nitrogens with one attached hydrogen (secondary N) is 1. The van der Waals surface area contributed by atoms with Crippen LogP contribution in [0, 0.1) is 0 Å². The first-order valence-electron chi connectivity index (χ1n) is 7.49. The number of carbonyl (C=O) groups is 2. The smallest absolute Gasteiger partial charge is 0.244 e. The van der Waals surface area contributed by atoms with Gasteiger partial charge in [-0.05, 0) is 19.2 Å². The molecule has 1 N–H and O–H groups in total. The number of amides is 2. The summed E-state index contributed by atoms with van der Waals surface area (Å²) in [5.41, 5.74) is 0. The number of carbonyl (C=O) groups excluding carboxylic acids is 2. The van der Waals surface area contributed by atoms with Gasteiger partial charge in [-0.1, -0.05) is 18.2 Å². The van der Waals surface area contributed by atoms with Crippen molar-refractivity contribution in [2.24, 2.45) is 0 Å². The molecule has 0 aromatic heterocycles. The molecule has 2 amide bonds. The first-order valence-corrected chi connectivity index (χ1v) is 7.49. The van der Waals surface area contributed by atoms with Crippen LogP contribution in [0.2, 0.25) is 0 Å². The lowest BCUT2D eigenvalue weighted by molar-refractivity contribution is -0.142. The lowest BCUT2D eigenvalue weighted by Gasteiger charge is -2.38. The number of benzene rings is 1. The van der Waals surface area contributed by atoms with E-state index >= 15 is 0 Å². The Morgan fingerprint density at radius 1 is 1.27 bits per heavy atom. The summed E-state index contributed by atoms with van der Waals surface area (Å²) in [4.78, 5) is 27.6. The van der Waals surface area contributed by atoms with Gasteiger partial charge < -0.3 is 19.9 Å². The van der Waals surface area contributed by atoms with Crippen LogP contribution >= 0.6 is 0 Å². The molecule has 0 spiro atoms. The van der Waals surface area contributed by atoms with E-state index in [1.165, 1.54) is 6.92 Å². The average molecular weight is 305 g/mol. The molecule has 0 radical (unpaired) electrons. The number of ether oxygens (including phenoxy) is 1. The number of nitrogens with zero attached hydrogens (tertiary/aromatic N) is 2. The minimum Gasteiger partial charge on any atom is -0.492 e. The fourth-order valence-electron chi connectivity index (χ4n) is 2.50. The van der Waals surface area contributed by atoms with Gasteiger partial charge >= 0.3 is 0 Å². The Morgan fingerprint density at radius 3 is 2.68 bits per heavy atom. The molecule has 1 saturated heterocycles. The highest BCUT2D eigenvalue weighted by molar-refractivity contribution is 5.87. The molecule has 1 aliphatic heterocycles. The molecular formula is C16H23N3O3. The lowest BCUT2D eigenvalue weighted by atomic mass is 10.1. The molecule has 120 valence electrons. The van der Waals surface area contributed by atoms with Crippen molar-refractivity contribution in [1.29, 1.82) is 0 Å². The molecule has 2 rings (SSSR count). The Kier molecular flexibility index (Phi) is 5.77. The molecule has 6 nitrogen and oxygen atoms in total. The summed E-state index contributed by atoms with van der Waals surface area (Å²) in [6.45, 7) is 4.26. The van der Waals surface area contributed by atoms with Gasteiger partial charge in [0.2, 0.25) is 11.8 Å². The Labute approximate surface area is 131 Å². The maximum atomic E-state index is 12.3. The second kappa shape index (κ2) is 7.79. The Bertz CT molecular complexity index is 507. The third-order valence-electron chi connectivity index (χ3n) is 3.70. The van der Waals surface area contributed by atoms with Crippen LogP contribution in [-0.4, -0.2) is 67.5 Å². The van der Waals surface area contributed by atoms with Crippen LogP contribution in [0.25, 0.3) is 0 Å². The van der Waals surface area contributed by atoms with E-state index < -0.39 is 6.04 Å². The molecule has 22 heavy (non-hydrogen) atoms. The zero-order valence-corrected chi connectivity index (χ0v) is 13.1. The van der Waals surface area contributed by atoms with Gasteiger partial charge in [-0.2, -0.15) is 0 Å². The van der Waals surface area contributed by atoms with Crippen molar-refractivity contribution in [3.63, 3.8) is 0 Å². The van der Waals surface area contributed by atoms with Gasteiger partial charge in [0.25, 0.3) is 0 Å². The summed E-state index contributed by atoms with van der Waals surface area (Å²) in [6, 6.07) is 9.04. The Balaban J connectivity index is 1.78. The van der Waals surface area contributed by atoms with Crippen molar-refractivity contribution in [2.75, 3.05) is 39.8 Å². The molecule has 0 unspecified atom stereocenters. The van der Waals surface area contributed by atoms with Crippen LogP contribution in [0.5, 0.6) is 5.75 Å². The van der Waals surface area contributed by atoms with Crippen molar-refractivity contribution >= 4 is 11.8 Å². The highest BCUT2D eigenvalue weighted by Gasteiger charge is 2.32. The number of rotatable bonds is 5. The van der Waals surface area contributed by atoms with E-state index in [0.29, 0.717) is 26.2 Å². The van der Waals surface area contributed by atoms with Gasteiger partial charge in [0, 0.05) is 26.6 Å². The lowest BCUT2D eigenvalue weighted by Crippen LogP contribution is -2.59. The minimum atomic E-state index is -0.423. The van der Waals surface area contributed by atoms with Gasteiger partial charge in [-0.15, -0.1) is 0 Å². The molecule has 1 fully saturated rings. The van der Waals surface area contributed by atoms with Gasteiger partial charge in [0.1, 0.15) is 18.4 Å². The first-order chi connectivity index (χ1) is 10.6. The zero-order chi connectivity index (χ0) is 15.9. The van der Waals surface area contributed by atoms with Crippen LogP contribution in [-0.2, 0) is 9.59 Å². The molecule has 1 aliphatic rings. The maximum absolute atomic E-state index is 12.3. The van der Waals surface area contributed by atoms with Gasteiger partial charge in [0.05, 0.1) is 6.54 Å². The van der Waals surface area contributed by atoms with Gasteiger partial charge in [-0.3, -0.25) is 9.59 Å². The van der Waals surface area contributed by atoms with Crippen LogP contribution in [0.3, 0.4) is 0 Å². The third kappa shape index (κ3) is 4.46. The van der Waals surface area contributed by atoms with E-state index in [9.17, 15) is 9.59 Å². The average Bonchev–Trinajstić information content (AvgIpc) is 2.52. The number of likely N-dealkylation sites (N-methyl/N-ethyl adjacent to an activating group) is 1. The third-order valence-corrected chi connectivity index (χ3v) is 3.70. The molecule has 1 atom stereocenters. The predicted octanol–water partition coefficient (Wildman–Crippen LogP) is 0.344. The standard InChI is InChI=1S/C16H23N3O3/c1-13(20)19-10-9-18(2)12-15(19)16(21)17-8-11-22-14-6-4-3-5-7-14/h3-7,15H,8-12H2,1-2H3,(H,17,21)/t15-/m0/s1. The van der Waals surface area contributed by atoms with Crippen LogP contribution in [0.4, 0.5) is 0 Å². The van der Waals surface area contributed by atoms with E-state index in [1.807, 2.05) is 37.4 Å². The second-order valence-electron chi connectivity index (χ2n) is 5.44. The summed E-state index contributed by atoms with van der Waals surface area (Å²) < 4.78 is 5.53. The fraction of sp³-hybridized carbons (Fsp3) is 0.500. The highest BCUT2D eigenvalue weighted by Crippen LogP contribution is 2.09. The van der Waals surface area contributed by atoms with Crippen molar-refractivity contribution in [2.45, 2.75) is 13.0 Å². The van der Waals surface area contributed by atoms with E-state index in [2.05, 4.69) is 10.2 Å². The van der Waals surface area contributed by atoms with E-state index in [-0.39, 0.29) is 11.8 Å². The minimum absolute atomic E-state index is 0.0613. The van der Waals surface area contributed by atoms with Crippen molar-refractivity contribution in [3.8, 4) is 5.75 Å². The molecule has 0 bridgehead atoms. The largest absolute Gasteiger partial charge is 0.492 e. The quantitative estimate of drug-likeness (QED) is 0.797. The highest BCUT2D eigenvalue weighted by atomic mass is 16.5. The molecular weight excluding hydrogens is 282 g/mol. The van der Waals surface area contributed by atoms with Crippen molar-refractivity contribution in [3.05, 3.63) is 30.3 Å². The Morgan fingerprint density at radius 2 is 2.00 bits per heavy atom. The summed E-state index contributed by atoms with van der Waals surface area (Å²) in [5.74, 6) is 0.590. The monoisotopic (exact) mass is 305 g/mol. The Hall–Kier alpha value is -2.08. The van der Waals surface area contributed by atoms with Crippen LogP contribution in [0.1, 0.15) is 6.92 Å². The molecule has 1 aromatic rings. The molecule has 1 aromatic carbocycles. The number of para-hydroxylation sites is 1. The van der Waals surface area contributed by atoms with Crippen LogP contribution < -0.4 is 10.1 Å². The number of piperazine rings is 1. The number of hydrogen-bond acceptors (Lipinski definition) is 4. The van der Waals surface area contributed by atoms with Crippen molar-refractivity contribution < 1.29 is 14.3 Å². The van der Waals surface area contributed by atoms with Crippen molar-refractivity contribution in [1.82, 2.24) is 15.1 Å². The maximum Gasteiger partial charge on any atom is 0.244 e. The van der Waals surface area contributed by atoms with E-state index in [4.69, 9.17) is 4.74 Å². The van der Waals surface area contributed by atoms with E-state index in [1.54, 1.807) is 4.90 Å². The van der Waals surface area contributed by atoms with E-state index in [0.717, 1.165) is 12.3 Å². The topological polar surface area (TPSA) is 61.9 Å². The molecule has 0 aliphatic carbocycles. The van der Waals surface area contributed by atoms with Gasteiger partial charge in [0.15, 0.2) is 0 Å². The first kappa shape index (κ1) is 16.3. The predicted molar refractivity (Wildman–Crippen MR) is 83.6 cm³/mol. The fourth-order valence-corrected chi connectivity index (χ4v) is 2.50. The molecule has 6 heteroatoms. The van der Waals surface area contributed by atoms with Gasteiger partial charge in [-0.25, -0.2) is 0 Å². The molecule has 0 saturated carbocycles.